The van der Waals surface area contributed by atoms with E-state index in [1.165, 1.54) is 31.4 Å². The molecule has 1 amide bonds. The number of anilines is 1. The molecular weight excluding hydrogens is 392 g/mol. The number of carbonyl (C=O) groups excluding carboxylic acids is 1. The molecule has 0 fully saturated rings. The van der Waals surface area contributed by atoms with Gasteiger partial charge in [-0.1, -0.05) is 11.6 Å². The van der Waals surface area contributed by atoms with Crippen molar-refractivity contribution in [1.82, 2.24) is 0 Å². The molecule has 0 spiro atoms. The molecule has 7 nitrogen and oxygen atoms in total. The Hall–Kier alpha value is -2.81. The molecule has 0 unspecified atom stereocenters. The number of methoxy groups -OCH3 is 1. The average molecular weight is 407 g/mol. The fraction of sp³-hybridized carbons (Fsp3) is 0.0556. The Labute approximate surface area is 160 Å². The van der Waals surface area contributed by atoms with Gasteiger partial charge in [-0.25, -0.2) is 13.6 Å². The van der Waals surface area contributed by atoms with Crippen LogP contribution in [-0.4, -0.2) is 21.4 Å². The first-order valence-corrected chi connectivity index (χ1v) is 9.58. The van der Waals surface area contributed by atoms with Gasteiger partial charge in [0.05, 0.1) is 7.11 Å². The van der Waals surface area contributed by atoms with Crippen molar-refractivity contribution in [2.45, 2.75) is 4.90 Å². The lowest BCUT2D eigenvalue weighted by atomic mass is 10.2. The molecule has 27 heavy (non-hydrogen) atoms. The summed E-state index contributed by atoms with van der Waals surface area (Å²) in [7, 11) is -2.69. The average Bonchev–Trinajstić information content (AvgIpc) is 3.12. The fourth-order valence-corrected chi connectivity index (χ4v) is 3.25. The minimum atomic E-state index is -4.01. The van der Waals surface area contributed by atoms with Crippen molar-refractivity contribution < 1.29 is 22.4 Å². The number of ether oxygens (including phenoxy) is 1. The second-order valence-electron chi connectivity index (χ2n) is 5.54. The van der Waals surface area contributed by atoms with E-state index >= 15 is 0 Å². The highest BCUT2D eigenvalue weighted by molar-refractivity contribution is 7.89. The molecule has 140 valence electrons. The van der Waals surface area contributed by atoms with Gasteiger partial charge in [0.25, 0.3) is 5.91 Å². The maximum Gasteiger partial charge on any atom is 0.291 e. The van der Waals surface area contributed by atoms with Crippen LogP contribution in [-0.2, 0) is 10.0 Å². The van der Waals surface area contributed by atoms with Crippen molar-refractivity contribution in [2.75, 3.05) is 12.4 Å². The summed E-state index contributed by atoms with van der Waals surface area (Å²) in [6.07, 6.45) is 0. The Morgan fingerprint density at radius 2 is 1.81 bits per heavy atom. The number of sulfonamides is 1. The van der Waals surface area contributed by atoms with Gasteiger partial charge in [0, 0.05) is 16.3 Å². The van der Waals surface area contributed by atoms with Crippen LogP contribution < -0.4 is 15.2 Å². The van der Waals surface area contributed by atoms with Crippen LogP contribution in [0.15, 0.2) is 63.9 Å². The minimum absolute atomic E-state index is 0.0629. The van der Waals surface area contributed by atoms with E-state index in [-0.39, 0.29) is 22.1 Å². The van der Waals surface area contributed by atoms with E-state index in [0.29, 0.717) is 10.8 Å². The van der Waals surface area contributed by atoms with Gasteiger partial charge in [-0.3, -0.25) is 4.79 Å². The zero-order chi connectivity index (χ0) is 19.6. The Kier molecular flexibility index (Phi) is 5.22. The van der Waals surface area contributed by atoms with Crippen LogP contribution in [0.2, 0.25) is 5.02 Å². The van der Waals surface area contributed by atoms with Crippen LogP contribution in [0.1, 0.15) is 10.6 Å². The number of hydrogen-bond donors (Lipinski definition) is 2. The molecule has 0 radical (unpaired) electrons. The largest absolute Gasteiger partial charge is 0.495 e. The number of amides is 1. The number of primary sulfonamides is 1. The quantitative estimate of drug-likeness (QED) is 0.673. The zero-order valence-corrected chi connectivity index (χ0v) is 15.7. The number of hydrogen-bond acceptors (Lipinski definition) is 5. The molecule has 0 atom stereocenters. The number of nitrogens with one attached hydrogen (secondary N) is 1. The van der Waals surface area contributed by atoms with E-state index in [4.69, 9.17) is 25.9 Å². The van der Waals surface area contributed by atoms with Crippen molar-refractivity contribution in [2.24, 2.45) is 5.14 Å². The molecule has 1 aromatic heterocycles. The molecule has 0 saturated heterocycles. The SMILES string of the molecule is COc1ccc(NC(=O)c2ccc(-c3ccc(Cl)cc3)o2)cc1S(N)(=O)=O. The van der Waals surface area contributed by atoms with Crippen LogP contribution in [0, 0.1) is 0 Å². The van der Waals surface area contributed by atoms with E-state index in [1.54, 1.807) is 30.3 Å². The number of carbonyl (C=O) groups is 1. The number of nitrogens with two attached hydrogens (primary N) is 1. The number of halogens is 1. The van der Waals surface area contributed by atoms with Gasteiger partial charge in [0.15, 0.2) is 5.76 Å². The maximum absolute atomic E-state index is 12.4. The van der Waals surface area contributed by atoms with Gasteiger partial charge in [0.2, 0.25) is 10.0 Å². The predicted molar refractivity (Wildman–Crippen MR) is 101 cm³/mol. The van der Waals surface area contributed by atoms with Gasteiger partial charge in [-0.05, 0) is 54.6 Å². The summed E-state index contributed by atoms with van der Waals surface area (Å²) in [6, 6.07) is 14.2. The molecular formula is C18H15ClN2O5S. The molecule has 9 heteroatoms. The highest BCUT2D eigenvalue weighted by atomic mass is 35.5. The molecule has 0 aliphatic rings. The van der Waals surface area contributed by atoms with Gasteiger partial charge >= 0.3 is 0 Å². The Balaban J connectivity index is 1.83. The second-order valence-corrected chi connectivity index (χ2v) is 7.50. The second kappa shape index (κ2) is 7.43. The normalized spacial score (nSPS) is 11.2. The molecule has 3 aromatic rings. The van der Waals surface area contributed by atoms with Gasteiger partial charge in [-0.2, -0.15) is 0 Å². The van der Waals surface area contributed by atoms with Crippen molar-refractivity contribution in [3.63, 3.8) is 0 Å². The Morgan fingerprint density at radius 3 is 2.44 bits per heavy atom. The first-order chi connectivity index (χ1) is 12.8. The molecule has 3 rings (SSSR count). The van der Waals surface area contributed by atoms with Crippen LogP contribution in [0.5, 0.6) is 5.75 Å². The molecule has 2 aromatic carbocycles. The van der Waals surface area contributed by atoms with E-state index in [0.717, 1.165) is 5.56 Å². The van der Waals surface area contributed by atoms with Crippen molar-refractivity contribution in [3.05, 3.63) is 65.4 Å². The first-order valence-electron chi connectivity index (χ1n) is 7.66. The summed E-state index contributed by atoms with van der Waals surface area (Å²) < 4.78 is 33.9. The summed E-state index contributed by atoms with van der Waals surface area (Å²) in [5.41, 5.74) is 0.994. The molecule has 0 aliphatic heterocycles. The third-order valence-corrected chi connectivity index (χ3v) is 4.87. The van der Waals surface area contributed by atoms with Crippen LogP contribution in [0.4, 0.5) is 5.69 Å². The van der Waals surface area contributed by atoms with E-state index < -0.39 is 15.9 Å². The maximum atomic E-state index is 12.4. The highest BCUT2D eigenvalue weighted by Crippen LogP contribution is 2.27. The summed E-state index contributed by atoms with van der Waals surface area (Å²) in [5.74, 6) is 0.101. The molecule has 1 heterocycles. The van der Waals surface area contributed by atoms with Crippen molar-refractivity contribution in [3.8, 4) is 17.1 Å². The summed E-state index contributed by atoms with van der Waals surface area (Å²) in [4.78, 5) is 12.2. The van der Waals surface area contributed by atoms with Gasteiger partial charge < -0.3 is 14.5 Å². The lowest BCUT2D eigenvalue weighted by Crippen LogP contribution is -2.15. The monoisotopic (exact) mass is 406 g/mol. The summed E-state index contributed by atoms with van der Waals surface area (Å²) >= 11 is 5.86. The Bertz CT molecular complexity index is 1090. The number of rotatable bonds is 5. The molecule has 0 bridgehead atoms. The van der Waals surface area contributed by atoms with Gasteiger partial charge in [0.1, 0.15) is 16.4 Å². The molecule has 3 N–H and O–H groups in total. The lowest BCUT2D eigenvalue weighted by Gasteiger charge is -2.09. The van der Waals surface area contributed by atoms with Crippen molar-refractivity contribution >= 4 is 33.2 Å². The van der Waals surface area contributed by atoms with Crippen molar-refractivity contribution in [1.29, 1.82) is 0 Å². The Morgan fingerprint density at radius 1 is 1.11 bits per heavy atom. The minimum Gasteiger partial charge on any atom is -0.495 e. The third-order valence-electron chi connectivity index (χ3n) is 3.69. The van der Waals surface area contributed by atoms with E-state index in [2.05, 4.69) is 5.32 Å². The smallest absolute Gasteiger partial charge is 0.291 e. The number of furan rings is 1. The van der Waals surface area contributed by atoms with Crippen LogP contribution in [0.3, 0.4) is 0 Å². The summed E-state index contributed by atoms with van der Waals surface area (Å²) in [6.45, 7) is 0. The van der Waals surface area contributed by atoms with E-state index in [9.17, 15) is 13.2 Å². The fourth-order valence-electron chi connectivity index (χ4n) is 2.40. The predicted octanol–water partition coefficient (Wildman–Crippen LogP) is 3.51. The lowest BCUT2D eigenvalue weighted by molar-refractivity contribution is 0.0997. The third kappa shape index (κ3) is 4.30. The number of benzene rings is 2. The van der Waals surface area contributed by atoms with Gasteiger partial charge in [-0.15, -0.1) is 0 Å². The van der Waals surface area contributed by atoms with Crippen LogP contribution >= 0.6 is 11.6 Å². The summed E-state index contributed by atoms with van der Waals surface area (Å²) in [5, 5.41) is 8.33. The molecule has 0 saturated carbocycles. The standard InChI is InChI=1S/C18H15ClN2O5S/c1-25-15-7-6-13(10-17(15)27(20,23)24)21-18(22)16-9-8-14(26-16)11-2-4-12(19)5-3-11/h2-10H,1H3,(H,21,22)(H2,20,23,24). The highest BCUT2D eigenvalue weighted by Gasteiger charge is 2.18. The first kappa shape index (κ1) is 19.0. The van der Waals surface area contributed by atoms with Crippen LogP contribution in [0.25, 0.3) is 11.3 Å². The zero-order valence-electron chi connectivity index (χ0n) is 14.1. The molecule has 0 aliphatic carbocycles. The topological polar surface area (TPSA) is 112 Å². The van der Waals surface area contributed by atoms with E-state index in [1.807, 2.05) is 0 Å².